The van der Waals surface area contributed by atoms with Crippen LogP contribution in [-0.4, -0.2) is 37.9 Å². The molecular formula is C7H13NO3S. The lowest BCUT2D eigenvalue weighted by Gasteiger charge is -2.11. The van der Waals surface area contributed by atoms with Crippen LogP contribution in [0.4, 0.5) is 0 Å². The summed E-state index contributed by atoms with van der Waals surface area (Å²) in [5, 5.41) is 0. The minimum absolute atomic E-state index is 0.0836. The van der Waals surface area contributed by atoms with Gasteiger partial charge in [0, 0.05) is 19.0 Å². The van der Waals surface area contributed by atoms with Crippen molar-refractivity contribution in [3.05, 3.63) is 0 Å². The maximum absolute atomic E-state index is 11.0. The van der Waals surface area contributed by atoms with Gasteiger partial charge in [0.05, 0.1) is 6.26 Å². The summed E-state index contributed by atoms with van der Waals surface area (Å²) in [6, 6.07) is 0. The molecule has 0 unspecified atom stereocenters. The van der Waals surface area contributed by atoms with E-state index >= 15 is 0 Å². The third-order valence-electron chi connectivity index (χ3n) is 2.19. The number of Topliss-reactive ketones (excluding diaryl/α,β-unsaturated/α-hetero) is 1. The van der Waals surface area contributed by atoms with Crippen molar-refractivity contribution in [2.45, 2.75) is 13.3 Å². The predicted octanol–water partition coefficient (Wildman–Crippen LogP) is -0.143. The molecule has 0 bridgehead atoms. The quantitative estimate of drug-likeness (QED) is 0.610. The monoisotopic (exact) mass is 191 g/mol. The molecule has 0 spiro atoms. The van der Waals surface area contributed by atoms with E-state index in [1.807, 2.05) is 0 Å². The van der Waals surface area contributed by atoms with Crippen molar-refractivity contribution < 1.29 is 13.2 Å². The van der Waals surface area contributed by atoms with Gasteiger partial charge in [-0.05, 0) is 13.3 Å². The summed E-state index contributed by atoms with van der Waals surface area (Å²) < 4.78 is 23.4. The molecule has 1 aliphatic rings. The van der Waals surface area contributed by atoms with Crippen LogP contribution in [0.5, 0.6) is 0 Å². The summed E-state index contributed by atoms with van der Waals surface area (Å²) in [5.41, 5.74) is 0. The van der Waals surface area contributed by atoms with E-state index in [4.69, 9.17) is 0 Å². The van der Waals surface area contributed by atoms with Gasteiger partial charge in [-0.3, -0.25) is 4.79 Å². The van der Waals surface area contributed by atoms with E-state index < -0.39 is 10.0 Å². The summed E-state index contributed by atoms with van der Waals surface area (Å²) in [6.07, 6.45) is 1.85. The lowest BCUT2D eigenvalue weighted by Crippen LogP contribution is -2.28. The van der Waals surface area contributed by atoms with E-state index in [9.17, 15) is 13.2 Å². The number of carbonyl (C=O) groups excluding carboxylic acids is 1. The highest BCUT2D eigenvalue weighted by atomic mass is 32.2. The largest absolute Gasteiger partial charge is 0.300 e. The molecule has 0 aromatic rings. The number of sulfonamides is 1. The van der Waals surface area contributed by atoms with Crippen molar-refractivity contribution in [2.24, 2.45) is 5.92 Å². The van der Waals surface area contributed by atoms with Crippen LogP contribution in [0, 0.1) is 5.92 Å². The fraction of sp³-hybridized carbons (Fsp3) is 0.857. The van der Waals surface area contributed by atoms with Crippen molar-refractivity contribution in [1.29, 1.82) is 0 Å². The molecule has 12 heavy (non-hydrogen) atoms. The van der Waals surface area contributed by atoms with Crippen LogP contribution in [0.15, 0.2) is 0 Å². The van der Waals surface area contributed by atoms with E-state index in [-0.39, 0.29) is 11.7 Å². The van der Waals surface area contributed by atoms with Crippen LogP contribution < -0.4 is 0 Å². The lowest BCUT2D eigenvalue weighted by atomic mass is 10.1. The molecule has 1 rings (SSSR count). The number of hydrogen-bond acceptors (Lipinski definition) is 3. The molecule has 4 nitrogen and oxygen atoms in total. The first-order valence-corrected chi connectivity index (χ1v) is 5.71. The first kappa shape index (κ1) is 9.67. The molecule has 0 aliphatic carbocycles. The van der Waals surface area contributed by atoms with Crippen molar-refractivity contribution in [2.75, 3.05) is 19.3 Å². The van der Waals surface area contributed by atoms with Crippen molar-refractivity contribution >= 4 is 15.8 Å². The minimum Gasteiger partial charge on any atom is -0.300 e. The maximum Gasteiger partial charge on any atom is 0.211 e. The van der Waals surface area contributed by atoms with Gasteiger partial charge in [-0.25, -0.2) is 12.7 Å². The number of ketones is 1. The zero-order valence-corrected chi connectivity index (χ0v) is 8.10. The second kappa shape index (κ2) is 3.14. The van der Waals surface area contributed by atoms with Crippen molar-refractivity contribution in [1.82, 2.24) is 4.31 Å². The summed E-state index contributed by atoms with van der Waals surface area (Å²) in [5.74, 6) is 0.000810. The van der Waals surface area contributed by atoms with Crippen LogP contribution in [0.2, 0.25) is 0 Å². The van der Waals surface area contributed by atoms with Gasteiger partial charge >= 0.3 is 0 Å². The molecule has 5 heteroatoms. The standard InChI is InChI=1S/C7H13NO3S/c1-6(9)7-3-4-8(5-7)12(2,10)11/h7H,3-5H2,1-2H3/t7-/m1/s1. The lowest BCUT2D eigenvalue weighted by molar-refractivity contribution is -0.120. The number of carbonyl (C=O) groups is 1. The average molecular weight is 191 g/mol. The van der Waals surface area contributed by atoms with E-state index in [1.54, 1.807) is 0 Å². The average Bonchev–Trinajstić information content (AvgIpc) is 2.30. The SMILES string of the molecule is CC(=O)[C@@H]1CCN(S(C)(=O)=O)C1. The zero-order chi connectivity index (χ0) is 9.35. The highest BCUT2D eigenvalue weighted by molar-refractivity contribution is 7.88. The Kier molecular flexibility index (Phi) is 2.53. The Labute approximate surface area is 72.6 Å². The third-order valence-corrected chi connectivity index (χ3v) is 3.46. The molecular weight excluding hydrogens is 178 g/mol. The molecule has 1 heterocycles. The van der Waals surface area contributed by atoms with Crippen LogP contribution in [0.3, 0.4) is 0 Å². The second-order valence-corrected chi connectivity index (χ2v) is 5.20. The molecule has 0 radical (unpaired) electrons. The van der Waals surface area contributed by atoms with Crippen LogP contribution in [0.1, 0.15) is 13.3 Å². The Hall–Kier alpha value is -0.420. The molecule has 1 fully saturated rings. The Morgan fingerprint density at radius 3 is 2.33 bits per heavy atom. The highest BCUT2D eigenvalue weighted by Gasteiger charge is 2.30. The molecule has 70 valence electrons. The zero-order valence-electron chi connectivity index (χ0n) is 7.28. The molecule has 1 atom stereocenters. The normalized spacial score (nSPS) is 26.0. The Balaban J connectivity index is 2.64. The Bertz CT molecular complexity index is 283. The molecule has 0 aromatic heterocycles. The fourth-order valence-electron chi connectivity index (χ4n) is 1.36. The van der Waals surface area contributed by atoms with Gasteiger partial charge in [-0.15, -0.1) is 0 Å². The summed E-state index contributed by atoms with van der Waals surface area (Å²) in [4.78, 5) is 10.9. The first-order valence-electron chi connectivity index (χ1n) is 3.87. The second-order valence-electron chi connectivity index (χ2n) is 3.22. The summed E-state index contributed by atoms with van der Waals surface area (Å²) >= 11 is 0. The van der Waals surface area contributed by atoms with Crippen LogP contribution in [-0.2, 0) is 14.8 Å². The molecule has 0 N–H and O–H groups in total. The third kappa shape index (κ3) is 2.04. The van der Waals surface area contributed by atoms with Gasteiger partial charge in [0.1, 0.15) is 5.78 Å². The highest BCUT2D eigenvalue weighted by Crippen LogP contribution is 2.18. The number of rotatable bonds is 2. The van der Waals surface area contributed by atoms with Gasteiger partial charge in [0.15, 0.2) is 0 Å². The Morgan fingerprint density at radius 2 is 2.08 bits per heavy atom. The molecule has 0 saturated carbocycles. The number of nitrogens with zero attached hydrogens (tertiary/aromatic N) is 1. The molecule has 0 aromatic carbocycles. The van der Waals surface area contributed by atoms with Gasteiger partial charge in [-0.1, -0.05) is 0 Å². The van der Waals surface area contributed by atoms with E-state index in [0.29, 0.717) is 19.5 Å². The topological polar surface area (TPSA) is 54.5 Å². The first-order chi connectivity index (χ1) is 5.41. The Morgan fingerprint density at radius 1 is 1.50 bits per heavy atom. The molecule has 1 saturated heterocycles. The van der Waals surface area contributed by atoms with Crippen molar-refractivity contribution in [3.8, 4) is 0 Å². The van der Waals surface area contributed by atoms with Gasteiger partial charge in [-0.2, -0.15) is 0 Å². The van der Waals surface area contributed by atoms with Gasteiger partial charge < -0.3 is 0 Å². The summed E-state index contributed by atoms with van der Waals surface area (Å²) in [7, 11) is -3.09. The maximum atomic E-state index is 11.0. The molecule has 1 aliphatic heterocycles. The van der Waals surface area contributed by atoms with Gasteiger partial charge in [0.25, 0.3) is 0 Å². The smallest absolute Gasteiger partial charge is 0.211 e. The van der Waals surface area contributed by atoms with Crippen molar-refractivity contribution in [3.63, 3.8) is 0 Å². The van der Waals surface area contributed by atoms with E-state index in [2.05, 4.69) is 0 Å². The van der Waals surface area contributed by atoms with Gasteiger partial charge in [0.2, 0.25) is 10.0 Å². The summed E-state index contributed by atoms with van der Waals surface area (Å²) in [6.45, 7) is 2.37. The number of hydrogen-bond donors (Lipinski definition) is 0. The van der Waals surface area contributed by atoms with Crippen LogP contribution in [0.25, 0.3) is 0 Å². The predicted molar refractivity (Wildman–Crippen MR) is 45.2 cm³/mol. The molecule has 0 amide bonds. The minimum atomic E-state index is -3.09. The van der Waals surface area contributed by atoms with E-state index in [1.165, 1.54) is 17.5 Å². The van der Waals surface area contributed by atoms with Crippen LogP contribution >= 0.6 is 0 Å². The fourth-order valence-corrected chi connectivity index (χ4v) is 2.25. The van der Waals surface area contributed by atoms with E-state index in [0.717, 1.165) is 0 Å².